The Labute approximate surface area is 161 Å². The molecule has 2 heteroatoms. The molecule has 1 amide bonds. The summed E-state index contributed by atoms with van der Waals surface area (Å²) in [5.41, 5.74) is 3.68. The van der Waals surface area contributed by atoms with Crippen LogP contribution >= 0.6 is 0 Å². The molecular weight excluding hydrogens is 330 g/mol. The van der Waals surface area contributed by atoms with E-state index >= 15 is 0 Å². The average molecular weight is 355 g/mol. The molecule has 1 aliphatic carbocycles. The van der Waals surface area contributed by atoms with Crippen molar-refractivity contribution in [1.29, 1.82) is 0 Å². The maximum atomic E-state index is 13.4. The lowest BCUT2D eigenvalue weighted by Crippen LogP contribution is -2.31. The van der Waals surface area contributed by atoms with Crippen LogP contribution in [0.25, 0.3) is 0 Å². The van der Waals surface area contributed by atoms with Gasteiger partial charge in [0.05, 0.1) is 12.0 Å². The number of benzene rings is 3. The average Bonchev–Trinajstić information content (AvgIpc) is 3.50. The first-order valence-electron chi connectivity index (χ1n) is 9.60. The SMILES string of the molecule is C[C@@H](c1ccccc1)N(C)C(=O)C1[C@H](c2ccccc2)[C@H]1c1ccccc1. The van der Waals surface area contributed by atoms with Crippen LogP contribution in [0.1, 0.15) is 41.5 Å². The second-order valence-corrected chi connectivity index (χ2v) is 7.43. The monoisotopic (exact) mass is 355 g/mol. The van der Waals surface area contributed by atoms with E-state index in [4.69, 9.17) is 0 Å². The van der Waals surface area contributed by atoms with Gasteiger partial charge < -0.3 is 4.90 Å². The summed E-state index contributed by atoms with van der Waals surface area (Å²) in [5, 5.41) is 0. The Kier molecular flexibility index (Phi) is 4.81. The van der Waals surface area contributed by atoms with Gasteiger partial charge in [-0.15, -0.1) is 0 Å². The van der Waals surface area contributed by atoms with E-state index in [0.717, 1.165) is 0 Å². The van der Waals surface area contributed by atoms with E-state index < -0.39 is 0 Å². The van der Waals surface area contributed by atoms with E-state index in [0.29, 0.717) is 0 Å². The second-order valence-electron chi connectivity index (χ2n) is 7.43. The Morgan fingerprint density at radius 1 is 0.741 bits per heavy atom. The number of nitrogens with zero attached hydrogens (tertiary/aromatic N) is 1. The molecule has 3 aromatic rings. The molecule has 1 saturated carbocycles. The van der Waals surface area contributed by atoms with Crippen LogP contribution < -0.4 is 0 Å². The third-order valence-electron chi connectivity index (χ3n) is 5.88. The van der Waals surface area contributed by atoms with Crippen molar-refractivity contribution in [2.75, 3.05) is 7.05 Å². The highest BCUT2D eigenvalue weighted by atomic mass is 16.2. The number of carbonyl (C=O) groups is 1. The largest absolute Gasteiger partial charge is 0.339 e. The van der Waals surface area contributed by atoms with E-state index in [1.54, 1.807) is 0 Å². The standard InChI is InChI=1S/C25H25NO/c1-18(19-12-6-3-7-13-19)26(2)25(27)24-22(20-14-8-4-9-15-20)23(24)21-16-10-5-11-17-21/h3-18,22-24H,1-2H3/t18-,22+,23+/m0/s1. The molecule has 0 heterocycles. The van der Waals surface area contributed by atoms with Gasteiger partial charge in [-0.1, -0.05) is 91.0 Å². The zero-order chi connectivity index (χ0) is 18.8. The minimum absolute atomic E-state index is 0.00552. The van der Waals surface area contributed by atoms with Crippen molar-refractivity contribution in [1.82, 2.24) is 4.90 Å². The van der Waals surface area contributed by atoms with Gasteiger partial charge >= 0.3 is 0 Å². The van der Waals surface area contributed by atoms with Gasteiger partial charge in [0.1, 0.15) is 0 Å². The van der Waals surface area contributed by atoms with Crippen molar-refractivity contribution in [2.24, 2.45) is 5.92 Å². The number of hydrogen-bond acceptors (Lipinski definition) is 1. The van der Waals surface area contributed by atoms with Crippen LogP contribution in [0.3, 0.4) is 0 Å². The molecule has 0 spiro atoms. The van der Waals surface area contributed by atoms with Gasteiger partial charge in [-0.25, -0.2) is 0 Å². The quantitative estimate of drug-likeness (QED) is 0.600. The zero-order valence-electron chi connectivity index (χ0n) is 15.8. The smallest absolute Gasteiger partial charge is 0.227 e. The van der Waals surface area contributed by atoms with E-state index in [2.05, 4.69) is 67.6 Å². The third kappa shape index (κ3) is 3.40. The number of rotatable bonds is 5. The predicted octanol–water partition coefficient (Wildman–Crippen LogP) is 5.40. The normalized spacial score (nSPS) is 22.1. The van der Waals surface area contributed by atoms with Crippen LogP contribution in [-0.4, -0.2) is 17.9 Å². The Morgan fingerprint density at radius 3 is 1.59 bits per heavy atom. The summed E-state index contributed by atoms with van der Waals surface area (Å²) < 4.78 is 0. The minimum Gasteiger partial charge on any atom is -0.339 e. The lowest BCUT2D eigenvalue weighted by Gasteiger charge is -2.26. The second kappa shape index (κ2) is 7.40. The highest BCUT2D eigenvalue weighted by molar-refractivity contribution is 5.85. The van der Waals surface area contributed by atoms with Crippen molar-refractivity contribution < 1.29 is 4.79 Å². The molecule has 1 fully saturated rings. The lowest BCUT2D eigenvalue weighted by molar-refractivity contribution is -0.133. The van der Waals surface area contributed by atoms with Gasteiger partial charge in [0.25, 0.3) is 0 Å². The summed E-state index contributed by atoms with van der Waals surface area (Å²) in [7, 11) is 1.93. The summed E-state index contributed by atoms with van der Waals surface area (Å²) in [6.07, 6.45) is 0. The van der Waals surface area contributed by atoms with E-state index in [1.807, 2.05) is 42.3 Å². The first-order valence-corrected chi connectivity index (χ1v) is 9.60. The molecule has 0 aliphatic heterocycles. The molecule has 0 N–H and O–H groups in total. The van der Waals surface area contributed by atoms with E-state index in [-0.39, 0.29) is 29.7 Å². The maximum Gasteiger partial charge on any atom is 0.227 e. The van der Waals surface area contributed by atoms with E-state index in [9.17, 15) is 4.79 Å². The van der Waals surface area contributed by atoms with Crippen molar-refractivity contribution in [3.05, 3.63) is 108 Å². The molecule has 0 aromatic heterocycles. The topological polar surface area (TPSA) is 20.3 Å². The van der Waals surface area contributed by atoms with E-state index in [1.165, 1.54) is 16.7 Å². The first kappa shape index (κ1) is 17.5. The number of hydrogen-bond donors (Lipinski definition) is 0. The minimum atomic E-state index is 0.00552. The highest BCUT2D eigenvalue weighted by Crippen LogP contribution is 2.61. The van der Waals surface area contributed by atoms with Gasteiger partial charge in [0, 0.05) is 18.9 Å². The van der Waals surface area contributed by atoms with Gasteiger partial charge in [-0.3, -0.25) is 4.79 Å². The van der Waals surface area contributed by atoms with Gasteiger partial charge in [-0.05, 0) is 23.6 Å². The molecule has 3 aromatic carbocycles. The summed E-state index contributed by atoms with van der Waals surface area (Å²) in [5.74, 6) is 0.748. The number of carbonyl (C=O) groups excluding carboxylic acids is 1. The first-order chi connectivity index (χ1) is 13.2. The van der Waals surface area contributed by atoms with Gasteiger partial charge in [-0.2, -0.15) is 0 Å². The fourth-order valence-electron chi connectivity index (χ4n) is 4.18. The summed E-state index contributed by atoms with van der Waals surface area (Å²) in [6, 6.07) is 31.2. The molecule has 0 bridgehead atoms. The molecule has 0 radical (unpaired) electrons. The van der Waals surface area contributed by atoms with Crippen LogP contribution in [0.5, 0.6) is 0 Å². The summed E-state index contributed by atoms with van der Waals surface area (Å²) >= 11 is 0. The molecular formula is C25H25NO. The lowest BCUT2D eigenvalue weighted by atomic mass is 10.0. The van der Waals surface area contributed by atoms with Crippen LogP contribution in [0.2, 0.25) is 0 Å². The molecule has 136 valence electrons. The molecule has 2 nitrogen and oxygen atoms in total. The van der Waals surface area contributed by atoms with Gasteiger partial charge in [0.2, 0.25) is 5.91 Å². The molecule has 0 saturated heterocycles. The molecule has 1 aliphatic rings. The molecule has 27 heavy (non-hydrogen) atoms. The van der Waals surface area contributed by atoms with Crippen molar-refractivity contribution in [2.45, 2.75) is 24.8 Å². The predicted molar refractivity (Wildman–Crippen MR) is 109 cm³/mol. The Morgan fingerprint density at radius 2 is 1.15 bits per heavy atom. The van der Waals surface area contributed by atoms with Crippen LogP contribution in [-0.2, 0) is 4.79 Å². The Balaban J connectivity index is 1.61. The van der Waals surface area contributed by atoms with Crippen LogP contribution in [0, 0.1) is 5.92 Å². The van der Waals surface area contributed by atoms with Crippen LogP contribution in [0.4, 0.5) is 0 Å². The third-order valence-corrected chi connectivity index (χ3v) is 5.88. The molecule has 0 unspecified atom stereocenters. The van der Waals surface area contributed by atoms with Crippen LogP contribution in [0.15, 0.2) is 91.0 Å². The zero-order valence-corrected chi connectivity index (χ0v) is 15.8. The molecule has 4 rings (SSSR count). The summed E-state index contributed by atoms with van der Waals surface area (Å²) in [4.78, 5) is 15.3. The fraction of sp³-hybridized carbons (Fsp3) is 0.240. The van der Waals surface area contributed by atoms with Crippen molar-refractivity contribution >= 4 is 5.91 Å². The van der Waals surface area contributed by atoms with Gasteiger partial charge in [0.15, 0.2) is 0 Å². The highest BCUT2D eigenvalue weighted by Gasteiger charge is 2.56. The Bertz CT molecular complexity index is 846. The molecule has 3 atom stereocenters. The fourth-order valence-corrected chi connectivity index (χ4v) is 4.18. The summed E-state index contributed by atoms with van der Waals surface area (Å²) in [6.45, 7) is 2.10. The maximum absolute atomic E-state index is 13.4. The number of amides is 1. The van der Waals surface area contributed by atoms with Crippen molar-refractivity contribution in [3.8, 4) is 0 Å². The Hall–Kier alpha value is -2.87. The van der Waals surface area contributed by atoms with Crippen molar-refractivity contribution in [3.63, 3.8) is 0 Å².